The number of ether oxygens (including phenoxy) is 1. The lowest BCUT2D eigenvalue weighted by Gasteiger charge is -2.23. The molecule has 1 amide bonds. The van der Waals surface area contributed by atoms with E-state index in [1.807, 2.05) is 30.3 Å². The van der Waals surface area contributed by atoms with Gasteiger partial charge in [-0.1, -0.05) is 39.0 Å². The normalized spacial score (nSPS) is 11.6. The van der Waals surface area contributed by atoms with E-state index >= 15 is 0 Å². The number of pyridine rings is 1. The van der Waals surface area contributed by atoms with Crippen molar-refractivity contribution in [1.29, 1.82) is 0 Å². The lowest BCUT2D eigenvalue weighted by molar-refractivity contribution is 0.0768. The number of nitrogens with zero attached hydrogens (tertiary/aromatic N) is 4. The average molecular weight is 366 g/mol. The van der Waals surface area contributed by atoms with E-state index in [-0.39, 0.29) is 11.3 Å². The Bertz CT molecular complexity index is 956. The number of aromatic nitrogens is 3. The fourth-order valence-electron chi connectivity index (χ4n) is 3.04. The lowest BCUT2D eigenvalue weighted by atomic mass is 9.86. The smallest absolute Gasteiger partial charge is 0.274 e. The van der Waals surface area contributed by atoms with Crippen LogP contribution in [0.2, 0.25) is 0 Å². The van der Waals surface area contributed by atoms with Crippen LogP contribution in [-0.2, 0) is 12.5 Å². The van der Waals surface area contributed by atoms with E-state index in [9.17, 15) is 4.79 Å². The monoisotopic (exact) mass is 366 g/mol. The second kappa shape index (κ2) is 7.39. The highest BCUT2D eigenvalue weighted by Gasteiger charge is 2.21. The van der Waals surface area contributed by atoms with Crippen LogP contribution in [0.1, 0.15) is 36.8 Å². The third kappa shape index (κ3) is 3.94. The summed E-state index contributed by atoms with van der Waals surface area (Å²) in [5.41, 5.74) is 2.27. The molecule has 1 aromatic carbocycles. The van der Waals surface area contributed by atoms with Gasteiger partial charge in [0.2, 0.25) is 0 Å². The second-order valence-electron chi connectivity index (χ2n) is 7.67. The molecule has 6 nitrogen and oxygen atoms in total. The largest absolute Gasteiger partial charge is 0.491 e. The molecule has 0 N–H and O–H groups in total. The maximum atomic E-state index is 12.8. The van der Waals surface area contributed by atoms with E-state index < -0.39 is 0 Å². The molecule has 0 fully saturated rings. The Morgan fingerprint density at radius 1 is 1.19 bits per heavy atom. The quantitative estimate of drug-likeness (QED) is 0.694. The van der Waals surface area contributed by atoms with E-state index in [0.717, 1.165) is 16.7 Å². The van der Waals surface area contributed by atoms with Crippen LogP contribution >= 0.6 is 0 Å². The number of amides is 1. The van der Waals surface area contributed by atoms with Gasteiger partial charge in [0.15, 0.2) is 11.3 Å². The highest BCUT2D eigenvalue weighted by atomic mass is 16.5. The highest BCUT2D eigenvalue weighted by molar-refractivity contribution is 6.03. The van der Waals surface area contributed by atoms with Gasteiger partial charge in [0.25, 0.3) is 5.91 Å². The first-order valence-electron chi connectivity index (χ1n) is 9.04. The molecular formula is C21H26N4O2. The summed E-state index contributed by atoms with van der Waals surface area (Å²) in [6, 6.07) is 11.7. The van der Waals surface area contributed by atoms with Crippen molar-refractivity contribution in [2.75, 3.05) is 20.2 Å². The number of carbonyl (C=O) groups excluding carboxylic acids is 1. The van der Waals surface area contributed by atoms with Crippen LogP contribution in [0.5, 0.6) is 5.75 Å². The van der Waals surface area contributed by atoms with Gasteiger partial charge >= 0.3 is 0 Å². The molecule has 0 saturated heterocycles. The second-order valence-corrected chi connectivity index (χ2v) is 7.67. The number of benzene rings is 1. The first-order valence-corrected chi connectivity index (χ1v) is 9.04. The van der Waals surface area contributed by atoms with E-state index in [4.69, 9.17) is 4.74 Å². The Kier molecular flexibility index (Phi) is 5.17. The van der Waals surface area contributed by atoms with E-state index in [2.05, 4.69) is 36.9 Å². The molecule has 0 saturated carbocycles. The zero-order chi connectivity index (χ0) is 19.6. The van der Waals surface area contributed by atoms with Gasteiger partial charge in [-0.15, -0.1) is 0 Å². The Morgan fingerprint density at radius 2 is 1.93 bits per heavy atom. The average Bonchev–Trinajstić information content (AvgIpc) is 2.98. The molecule has 0 radical (unpaired) electrons. The predicted molar refractivity (Wildman–Crippen MR) is 106 cm³/mol. The van der Waals surface area contributed by atoms with E-state index in [0.29, 0.717) is 24.5 Å². The fraction of sp³-hybridized carbons (Fsp3) is 0.381. The summed E-state index contributed by atoms with van der Waals surface area (Å²) in [7, 11) is 3.55. The van der Waals surface area contributed by atoms with Gasteiger partial charge in [0, 0.05) is 20.3 Å². The van der Waals surface area contributed by atoms with Crippen molar-refractivity contribution in [1.82, 2.24) is 19.7 Å². The van der Waals surface area contributed by atoms with E-state index in [1.165, 1.54) is 0 Å². The number of aryl methyl sites for hydroxylation is 1. The first kappa shape index (κ1) is 18.9. The Morgan fingerprint density at radius 3 is 2.67 bits per heavy atom. The van der Waals surface area contributed by atoms with Crippen LogP contribution < -0.4 is 4.74 Å². The molecule has 2 heterocycles. The summed E-state index contributed by atoms with van der Waals surface area (Å²) in [6.07, 6.45) is 1.70. The van der Waals surface area contributed by atoms with Gasteiger partial charge in [-0.25, -0.2) is 9.67 Å². The number of carbonyl (C=O) groups is 1. The molecule has 0 aliphatic carbocycles. The zero-order valence-corrected chi connectivity index (χ0v) is 16.6. The van der Waals surface area contributed by atoms with Crippen molar-refractivity contribution in [3.05, 3.63) is 53.9 Å². The third-order valence-electron chi connectivity index (χ3n) is 4.53. The molecule has 0 aliphatic heterocycles. The Labute approximate surface area is 159 Å². The zero-order valence-electron chi connectivity index (χ0n) is 16.6. The summed E-state index contributed by atoms with van der Waals surface area (Å²) in [5.74, 6) is 0.722. The van der Waals surface area contributed by atoms with Crippen molar-refractivity contribution in [2.45, 2.75) is 26.2 Å². The van der Waals surface area contributed by atoms with Crippen LogP contribution in [0.3, 0.4) is 0 Å². The highest BCUT2D eigenvalue weighted by Crippen LogP contribution is 2.30. The summed E-state index contributed by atoms with van der Waals surface area (Å²) in [5, 5.41) is 5.11. The Hall–Kier alpha value is -2.89. The molecule has 142 valence electrons. The summed E-state index contributed by atoms with van der Waals surface area (Å²) < 4.78 is 7.61. The van der Waals surface area contributed by atoms with Gasteiger partial charge in [0.1, 0.15) is 12.4 Å². The number of likely N-dealkylation sites (N-methyl/N-ethyl adjacent to an activating group) is 1. The van der Waals surface area contributed by atoms with Crippen molar-refractivity contribution >= 4 is 16.9 Å². The molecular weight excluding hydrogens is 340 g/mol. The molecule has 2 aromatic heterocycles. The number of hydrogen-bond acceptors (Lipinski definition) is 4. The van der Waals surface area contributed by atoms with Crippen LogP contribution in [0.25, 0.3) is 11.0 Å². The minimum absolute atomic E-state index is 0.00180. The lowest BCUT2D eigenvalue weighted by Crippen LogP contribution is -2.31. The van der Waals surface area contributed by atoms with Gasteiger partial charge in [-0.3, -0.25) is 4.79 Å². The van der Waals surface area contributed by atoms with Crippen molar-refractivity contribution in [2.24, 2.45) is 7.05 Å². The van der Waals surface area contributed by atoms with Crippen molar-refractivity contribution < 1.29 is 9.53 Å². The molecule has 3 rings (SSSR count). The number of fused-ring (bicyclic) bond motifs is 1. The number of hydrogen-bond donors (Lipinski definition) is 0. The van der Waals surface area contributed by atoms with Gasteiger partial charge in [-0.2, -0.15) is 5.10 Å². The minimum atomic E-state index is -0.138. The summed E-state index contributed by atoms with van der Waals surface area (Å²) in [4.78, 5) is 18.7. The van der Waals surface area contributed by atoms with Crippen molar-refractivity contribution in [3.8, 4) is 5.75 Å². The third-order valence-corrected chi connectivity index (χ3v) is 4.53. The Balaban J connectivity index is 1.68. The predicted octanol–water partition coefficient (Wildman–Crippen LogP) is 3.42. The van der Waals surface area contributed by atoms with Gasteiger partial charge in [0.05, 0.1) is 11.9 Å². The van der Waals surface area contributed by atoms with Crippen LogP contribution in [-0.4, -0.2) is 45.8 Å². The SMILES string of the molecule is CN(CCOc1ccccc1C(C)(C)C)C(=O)c1nn(C)c2ncccc12. The van der Waals surface area contributed by atoms with Gasteiger partial charge in [-0.05, 0) is 29.2 Å². The summed E-state index contributed by atoms with van der Waals surface area (Å²) in [6.45, 7) is 7.36. The minimum Gasteiger partial charge on any atom is -0.491 e. The molecule has 6 heteroatoms. The standard InChI is InChI=1S/C21H26N4O2/c1-21(2,3)16-10-6-7-11-17(16)27-14-13-24(4)20(26)18-15-9-8-12-22-19(15)25(5)23-18/h6-12H,13-14H2,1-5H3. The fourth-order valence-corrected chi connectivity index (χ4v) is 3.04. The van der Waals surface area contributed by atoms with E-state index in [1.54, 1.807) is 29.9 Å². The first-order chi connectivity index (χ1) is 12.8. The molecule has 27 heavy (non-hydrogen) atoms. The molecule has 0 aliphatic rings. The molecule has 0 spiro atoms. The van der Waals surface area contributed by atoms with Crippen molar-refractivity contribution in [3.63, 3.8) is 0 Å². The van der Waals surface area contributed by atoms with Crippen LogP contribution in [0, 0.1) is 0 Å². The topological polar surface area (TPSA) is 60.2 Å². The molecule has 0 bridgehead atoms. The van der Waals surface area contributed by atoms with Crippen LogP contribution in [0.4, 0.5) is 0 Å². The van der Waals surface area contributed by atoms with Gasteiger partial charge < -0.3 is 9.64 Å². The number of para-hydroxylation sites is 1. The summed E-state index contributed by atoms with van der Waals surface area (Å²) >= 11 is 0. The number of rotatable bonds is 5. The maximum Gasteiger partial charge on any atom is 0.274 e. The van der Waals surface area contributed by atoms with Crippen LogP contribution in [0.15, 0.2) is 42.6 Å². The molecule has 3 aromatic rings. The molecule has 0 unspecified atom stereocenters. The maximum absolute atomic E-state index is 12.8. The molecule has 0 atom stereocenters.